The monoisotopic (exact) mass is 486 g/mol. The summed E-state index contributed by atoms with van der Waals surface area (Å²) in [7, 11) is 0. The number of carbonyl (C=O) groups is 1. The number of ether oxygens (including phenoxy) is 1. The van der Waals surface area contributed by atoms with Crippen molar-refractivity contribution in [1.82, 2.24) is 19.7 Å². The highest BCUT2D eigenvalue weighted by Gasteiger charge is 2.44. The number of esters is 1. The van der Waals surface area contributed by atoms with E-state index < -0.39 is 11.5 Å². The van der Waals surface area contributed by atoms with E-state index in [1.807, 2.05) is 72.4 Å². The van der Waals surface area contributed by atoms with Gasteiger partial charge in [-0.1, -0.05) is 91.0 Å². The van der Waals surface area contributed by atoms with Crippen LogP contribution in [0, 0.1) is 0 Å². The minimum Gasteiger partial charge on any atom is -0.461 e. The minimum atomic E-state index is -0.877. The molecule has 1 aliphatic rings. The summed E-state index contributed by atoms with van der Waals surface area (Å²) < 4.78 is 7.48. The van der Waals surface area contributed by atoms with Gasteiger partial charge in [0.05, 0.1) is 18.0 Å². The summed E-state index contributed by atoms with van der Waals surface area (Å²) in [6.45, 7) is 2.09. The topological polar surface area (TPSA) is 69.9 Å². The van der Waals surface area contributed by atoms with Crippen LogP contribution in [0.5, 0.6) is 0 Å². The SMILES string of the molecule is CCOC(=O)c1nn(C(c2ccccc2)(c2ccccc2)c2ccccc2)c2c1CCc1cncnc1-2. The zero-order valence-corrected chi connectivity index (χ0v) is 20.5. The fourth-order valence-corrected chi connectivity index (χ4v) is 5.46. The maximum atomic E-state index is 13.2. The molecule has 0 N–H and O–H groups in total. The molecule has 0 radical (unpaired) electrons. The van der Waals surface area contributed by atoms with Crippen molar-refractivity contribution < 1.29 is 9.53 Å². The second-order valence-corrected chi connectivity index (χ2v) is 9.01. The number of aromatic nitrogens is 4. The van der Waals surface area contributed by atoms with E-state index in [2.05, 4.69) is 41.4 Å². The van der Waals surface area contributed by atoms with Gasteiger partial charge in [0.2, 0.25) is 0 Å². The van der Waals surface area contributed by atoms with E-state index in [1.165, 1.54) is 0 Å². The molecule has 0 atom stereocenters. The molecule has 2 heterocycles. The highest BCUT2D eigenvalue weighted by Crippen LogP contribution is 2.45. The van der Waals surface area contributed by atoms with Gasteiger partial charge in [-0.3, -0.25) is 0 Å². The number of rotatable bonds is 6. The van der Waals surface area contributed by atoms with Gasteiger partial charge >= 0.3 is 5.97 Å². The molecular formula is C31H26N4O2. The lowest BCUT2D eigenvalue weighted by molar-refractivity contribution is 0.0516. The first kappa shape index (κ1) is 22.9. The Labute approximate surface area is 215 Å². The Morgan fingerprint density at radius 1 is 0.865 bits per heavy atom. The molecule has 6 nitrogen and oxygen atoms in total. The van der Waals surface area contributed by atoms with Crippen LogP contribution in [-0.4, -0.2) is 32.3 Å². The molecule has 0 spiro atoms. The number of fused-ring (bicyclic) bond motifs is 3. The van der Waals surface area contributed by atoms with Crippen molar-refractivity contribution >= 4 is 5.97 Å². The van der Waals surface area contributed by atoms with Gasteiger partial charge in [0.25, 0.3) is 0 Å². The Morgan fingerprint density at radius 2 is 1.43 bits per heavy atom. The lowest BCUT2D eigenvalue weighted by atomic mass is 9.76. The lowest BCUT2D eigenvalue weighted by Crippen LogP contribution is -2.39. The van der Waals surface area contributed by atoms with Crippen LogP contribution in [0.15, 0.2) is 104 Å². The molecule has 0 bridgehead atoms. The number of aryl methyl sites for hydroxylation is 1. The molecule has 6 heteroatoms. The van der Waals surface area contributed by atoms with Crippen molar-refractivity contribution in [2.75, 3.05) is 6.61 Å². The first-order chi connectivity index (χ1) is 18.2. The van der Waals surface area contributed by atoms with Gasteiger partial charge in [-0.05, 0) is 42.0 Å². The molecule has 0 amide bonds. The van der Waals surface area contributed by atoms with Gasteiger partial charge in [-0.2, -0.15) is 5.10 Å². The molecule has 0 saturated carbocycles. The standard InChI is InChI=1S/C31H26N4O2/c1-2-37-30(36)28-26-19-18-22-20-32-21-33-27(22)29(26)35(34-28)31(23-12-6-3-7-13-23,24-14-8-4-9-15-24)25-16-10-5-11-17-25/h3-17,20-21H,2,18-19H2,1H3. The number of carbonyl (C=O) groups excluding carboxylic acids is 1. The van der Waals surface area contributed by atoms with Crippen LogP contribution in [0.25, 0.3) is 11.4 Å². The largest absolute Gasteiger partial charge is 0.461 e. The third-order valence-corrected chi connectivity index (χ3v) is 7.00. The van der Waals surface area contributed by atoms with Crippen molar-refractivity contribution in [3.05, 3.63) is 137 Å². The molecule has 2 aromatic heterocycles. The van der Waals surface area contributed by atoms with Crippen LogP contribution < -0.4 is 0 Å². The second-order valence-electron chi connectivity index (χ2n) is 9.01. The predicted octanol–water partition coefficient (Wildman–Crippen LogP) is 5.46. The van der Waals surface area contributed by atoms with Gasteiger partial charge in [-0.25, -0.2) is 19.4 Å². The van der Waals surface area contributed by atoms with E-state index in [0.29, 0.717) is 12.1 Å². The molecule has 1 aliphatic carbocycles. The fraction of sp³-hybridized carbons (Fsp3) is 0.161. The molecule has 5 aromatic rings. The molecule has 0 aliphatic heterocycles. The van der Waals surface area contributed by atoms with Crippen molar-refractivity contribution in [3.8, 4) is 11.4 Å². The summed E-state index contributed by atoms with van der Waals surface area (Å²) >= 11 is 0. The van der Waals surface area contributed by atoms with Crippen molar-refractivity contribution in [2.45, 2.75) is 25.3 Å². The van der Waals surface area contributed by atoms with Crippen molar-refractivity contribution in [1.29, 1.82) is 0 Å². The van der Waals surface area contributed by atoms with Gasteiger partial charge in [0.15, 0.2) is 5.69 Å². The summed E-state index contributed by atoms with van der Waals surface area (Å²) in [6, 6.07) is 30.9. The summed E-state index contributed by atoms with van der Waals surface area (Å²) in [6.07, 6.45) is 4.81. The van der Waals surface area contributed by atoms with E-state index >= 15 is 0 Å². The predicted molar refractivity (Wildman–Crippen MR) is 141 cm³/mol. The van der Waals surface area contributed by atoms with Gasteiger partial charge < -0.3 is 4.74 Å². The Bertz CT molecular complexity index is 1450. The Hall–Kier alpha value is -4.58. The molecule has 37 heavy (non-hydrogen) atoms. The lowest BCUT2D eigenvalue weighted by Gasteiger charge is -2.38. The minimum absolute atomic E-state index is 0.278. The zero-order valence-electron chi connectivity index (χ0n) is 20.5. The van der Waals surface area contributed by atoms with Gasteiger partial charge in [-0.15, -0.1) is 0 Å². The average molecular weight is 487 g/mol. The van der Waals surface area contributed by atoms with Gasteiger partial charge in [0, 0.05) is 11.8 Å². The van der Waals surface area contributed by atoms with Crippen molar-refractivity contribution in [3.63, 3.8) is 0 Å². The Morgan fingerprint density at radius 3 is 1.97 bits per heavy atom. The molecule has 182 valence electrons. The van der Waals surface area contributed by atoms with Crippen molar-refractivity contribution in [2.24, 2.45) is 0 Å². The highest BCUT2D eigenvalue weighted by molar-refractivity contribution is 5.92. The molecule has 0 saturated heterocycles. The summed E-state index contributed by atoms with van der Waals surface area (Å²) in [5, 5.41) is 5.09. The van der Waals surface area contributed by atoms with Crippen LogP contribution in [0.3, 0.4) is 0 Å². The highest BCUT2D eigenvalue weighted by atomic mass is 16.5. The molecule has 3 aromatic carbocycles. The van der Waals surface area contributed by atoms with Crippen LogP contribution >= 0.6 is 0 Å². The summed E-state index contributed by atoms with van der Waals surface area (Å²) in [5.74, 6) is -0.418. The normalized spacial score (nSPS) is 12.5. The van der Waals surface area contributed by atoms with E-state index in [9.17, 15) is 4.79 Å². The number of hydrogen-bond donors (Lipinski definition) is 0. The van der Waals surface area contributed by atoms with Crippen LogP contribution in [-0.2, 0) is 23.1 Å². The molecule has 0 fully saturated rings. The first-order valence-corrected chi connectivity index (χ1v) is 12.5. The number of hydrogen-bond acceptors (Lipinski definition) is 5. The Balaban J connectivity index is 1.79. The van der Waals surface area contributed by atoms with Crippen LogP contribution in [0.1, 0.15) is 45.2 Å². The van der Waals surface area contributed by atoms with E-state index in [-0.39, 0.29) is 6.61 Å². The molecular weight excluding hydrogens is 460 g/mol. The maximum Gasteiger partial charge on any atom is 0.359 e. The van der Waals surface area contributed by atoms with Gasteiger partial charge in [0.1, 0.15) is 11.9 Å². The second kappa shape index (κ2) is 9.47. The summed E-state index contributed by atoms with van der Waals surface area (Å²) in [5.41, 5.74) is 6.05. The van der Waals surface area contributed by atoms with E-state index in [4.69, 9.17) is 14.8 Å². The Kier molecular flexibility index (Phi) is 5.85. The maximum absolute atomic E-state index is 13.2. The van der Waals surface area contributed by atoms with Crippen LogP contribution in [0.4, 0.5) is 0 Å². The number of benzene rings is 3. The van der Waals surface area contributed by atoms with E-state index in [0.717, 1.165) is 45.6 Å². The number of nitrogens with zero attached hydrogens (tertiary/aromatic N) is 4. The fourth-order valence-electron chi connectivity index (χ4n) is 5.46. The molecule has 6 rings (SSSR count). The third-order valence-electron chi connectivity index (χ3n) is 7.00. The first-order valence-electron chi connectivity index (χ1n) is 12.5. The third kappa shape index (κ3) is 3.64. The molecule has 0 unspecified atom stereocenters. The summed E-state index contributed by atoms with van der Waals surface area (Å²) in [4.78, 5) is 22.2. The quantitative estimate of drug-likeness (QED) is 0.236. The zero-order chi connectivity index (χ0) is 25.2. The van der Waals surface area contributed by atoms with Crippen LogP contribution in [0.2, 0.25) is 0 Å². The van der Waals surface area contributed by atoms with E-state index in [1.54, 1.807) is 6.33 Å². The average Bonchev–Trinajstić information content (AvgIpc) is 3.36. The smallest absolute Gasteiger partial charge is 0.359 e.